The molecule has 1 aromatic heterocycles. The molecule has 3 rings (SSSR count). The van der Waals surface area contributed by atoms with E-state index in [1.807, 2.05) is 0 Å². The van der Waals surface area contributed by atoms with E-state index in [2.05, 4.69) is 4.98 Å². The molecule has 0 radical (unpaired) electrons. The van der Waals surface area contributed by atoms with Crippen molar-refractivity contribution in [3.63, 3.8) is 0 Å². The molecule has 1 aliphatic rings. The van der Waals surface area contributed by atoms with Crippen LogP contribution in [-0.2, 0) is 4.79 Å². The van der Waals surface area contributed by atoms with Crippen molar-refractivity contribution in [3.05, 3.63) is 59.3 Å². The van der Waals surface area contributed by atoms with E-state index in [-0.39, 0.29) is 5.56 Å². The zero-order chi connectivity index (χ0) is 14.3. The van der Waals surface area contributed by atoms with Crippen molar-refractivity contribution in [2.75, 3.05) is 0 Å². The second kappa shape index (κ2) is 4.31. The summed E-state index contributed by atoms with van der Waals surface area (Å²) in [7, 11) is 0. The van der Waals surface area contributed by atoms with Gasteiger partial charge in [-0.2, -0.15) is 0 Å². The average Bonchev–Trinajstić information content (AvgIpc) is 2.73. The first-order valence-corrected chi connectivity index (χ1v) is 5.86. The molecule has 0 aliphatic heterocycles. The smallest absolute Gasteiger partial charge is 0.335 e. The van der Waals surface area contributed by atoms with E-state index in [9.17, 15) is 9.59 Å². The number of aromatic nitrogens is 1. The third kappa shape index (κ3) is 1.76. The Kier molecular flexibility index (Phi) is 2.61. The van der Waals surface area contributed by atoms with E-state index < -0.39 is 11.9 Å². The van der Waals surface area contributed by atoms with Gasteiger partial charge in [-0.3, -0.25) is 4.98 Å². The number of benzene rings is 1. The van der Waals surface area contributed by atoms with Gasteiger partial charge < -0.3 is 10.2 Å². The number of rotatable bonds is 2. The molecule has 98 valence electrons. The third-order valence-electron chi connectivity index (χ3n) is 3.18. The predicted octanol–water partition coefficient (Wildman–Crippen LogP) is 2.28. The van der Waals surface area contributed by atoms with Crippen LogP contribution in [0.3, 0.4) is 0 Å². The summed E-state index contributed by atoms with van der Waals surface area (Å²) in [4.78, 5) is 26.3. The second-order valence-corrected chi connectivity index (χ2v) is 4.36. The van der Waals surface area contributed by atoms with Gasteiger partial charge >= 0.3 is 11.9 Å². The molecule has 5 nitrogen and oxygen atoms in total. The number of aromatic carboxylic acids is 1. The molecule has 2 aromatic rings. The summed E-state index contributed by atoms with van der Waals surface area (Å²) in [6, 6.07) is 8.13. The lowest BCUT2D eigenvalue weighted by Gasteiger charge is -2.02. The van der Waals surface area contributed by atoms with Crippen LogP contribution in [0.1, 0.15) is 21.5 Å². The third-order valence-corrected chi connectivity index (χ3v) is 3.18. The van der Waals surface area contributed by atoms with Crippen LogP contribution in [0.25, 0.3) is 16.8 Å². The van der Waals surface area contributed by atoms with Crippen molar-refractivity contribution in [2.45, 2.75) is 0 Å². The van der Waals surface area contributed by atoms with Crippen LogP contribution in [-0.4, -0.2) is 27.1 Å². The number of carbonyl (C=O) groups is 2. The van der Waals surface area contributed by atoms with Gasteiger partial charge in [0.05, 0.1) is 11.3 Å². The fraction of sp³-hybridized carbons (Fsp3) is 0. The summed E-state index contributed by atoms with van der Waals surface area (Å²) in [5, 5.41) is 18.0. The summed E-state index contributed by atoms with van der Waals surface area (Å²) >= 11 is 0. The van der Waals surface area contributed by atoms with Crippen LogP contribution in [0.15, 0.2) is 42.6 Å². The first-order valence-electron chi connectivity index (χ1n) is 5.86. The van der Waals surface area contributed by atoms with Crippen LogP contribution in [0.5, 0.6) is 0 Å². The highest BCUT2D eigenvalue weighted by atomic mass is 16.4. The SMILES string of the molecule is O=C(O)/C=C1/c2cc(C(=O)O)ccc2-c2ncccc21. The number of hydrogen-bond acceptors (Lipinski definition) is 3. The molecule has 0 spiro atoms. The van der Waals surface area contributed by atoms with Gasteiger partial charge in [0.1, 0.15) is 0 Å². The second-order valence-electron chi connectivity index (χ2n) is 4.36. The molecule has 1 heterocycles. The maximum atomic E-state index is 11.1. The minimum atomic E-state index is -1.08. The Balaban J connectivity index is 2.31. The zero-order valence-corrected chi connectivity index (χ0v) is 10.2. The highest BCUT2D eigenvalue weighted by Crippen LogP contribution is 2.43. The normalized spacial score (nSPS) is 13.9. The molecule has 0 saturated heterocycles. The van der Waals surface area contributed by atoms with Crippen LogP contribution in [0.2, 0.25) is 0 Å². The van der Waals surface area contributed by atoms with Gasteiger partial charge in [-0.1, -0.05) is 12.1 Å². The highest BCUT2D eigenvalue weighted by molar-refractivity contribution is 6.06. The molecule has 0 fully saturated rings. The molecule has 20 heavy (non-hydrogen) atoms. The molecule has 0 amide bonds. The van der Waals surface area contributed by atoms with Crippen molar-refractivity contribution in [1.29, 1.82) is 0 Å². The summed E-state index contributed by atoms with van der Waals surface area (Å²) in [6.45, 7) is 0. The minimum absolute atomic E-state index is 0.118. The van der Waals surface area contributed by atoms with Gasteiger partial charge in [-0.25, -0.2) is 9.59 Å². The molecule has 0 saturated carbocycles. The van der Waals surface area contributed by atoms with Crippen molar-refractivity contribution in [1.82, 2.24) is 4.98 Å². The quantitative estimate of drug-likeness (QED) is 0.695. The standard InChI is InChI=1S/C15H9NO4/c17-13(18)7-12-9-2-1-5-16-14(9)10-4-3-8(15(19)20)6-11(10)12/h1-7H,(H,17,18)(H,19,20)/b12-7+. The van der Waals surface area contributed by atoms with Gasteiger partial charge in [0.15, 0.2) is 0 Å². The molecule has 5 heteroatoms. The Hall–Kier alpha value is -2.95. The highest BCUT2D eigenvalue weighted by Gasteiger charge is 2.26. The molecule has 2 N–H and O–H groups in total. The first kappa shape index (κ1) is 12.1. The lowest BCUT2D eigenvalue weighted by molar-refractivity contribution is -0.131. The summed E-state index contributed by atoms with van der Waals surface area (Å²) in [6.07, 6.45) is 2.70. The minimum Gasteiger partial charge on any atom is -0.478 e. The van der Waals surface area contributed by atoms with Gasteiger partial charge in [-0.05, 0) is 29.3 Å². The summed E-state index contributed by atoms with van der Waals surface area (Å²) < 4.78 is 0. The Morgan fingerprint density at radius 2 is 1.85 bits per heavy atom. The molecule has 1 aromatic carbocycles. The monoisotopic (exact) mass is 267 g/mol. The lowest BCUT2D eigenvalue weighted by atomic mass is 10.0. The van der Waals surface area contributed by atoms with Crippen molar-refractivity contribution in [3.8, 4) is 11.3 Å². The number of aliphatic carboxylic acids is 1. The number of carboxylic acid groups (broad SMARTS) is 2. The Labute approximate surface area is 113 Å². The number of carboxylic acids is 2. The Morgan fingerprint density at radius 3 is 2.55 bits per heavy atom. The molecule has 0 bridgehead atoms. The maximum Gasteiger partial charge on any atom is 0.335 e. The lowest BCUT2D eigenvalue weighted by Crippen LogP contribution is -1.97. The Morgan fingerprint density at radius 1 is 1.05 bits per heavy atom. The fourth-order valence-corrected chi connectivity index (χ4v) is 2.37. The van der Waals surface area contributed by atoms with Gasteiger partial charge in [0.25, 0.3) is 0 Å². The van der Waals surface area contributed by atoms with Crippen molar-refractivity contribution in [2.24, 2.45) is 0 Å². The zero-order valence-electron chi connectivity index (χ0n) is 10.2. The Bertz CT molecular complexity index is 777. The van der Waals surface area contributed by atoms with Crippen LogP contribution >= 0.6 is 0 Å². The van der Waals surface area contributed by atoms with E-state index in [4.69, 9.17) is 10.2 Å². The molecular weight excluding hydrogens is 258 g/mol. The maximum absolute atomic E-state index is 11.1. The summed E-state index contributed by atoms with van der Waals surface area (Å²) in [5.74, 6) is -2.13. The molecule has 1 aliphatic carbocycles. The van der Waals surface area contributed by atoms with Gasteiger partial charge in [0, 0.05) is 23.4 Å². The fourth-order valence-electron chi connectivity index (χ4n) is 2.37. The first-order chi connectivity index (χ1) is 9.58. The van der Waals surface area contributed by atoms with Gasteiger partial charge in [-0.15, -0.1) is 0 Å². The van der Waals surface area contributed by atoms with E-state index in [1.54, 1.807) is 24.4 Å². The number of pyridine rings is 1. The van der Waals surface area contributed by atoms with E-state index >= 15 is 0 Å². The molecule has 0 unspecified atom stereocenters. The summed E-state index contributed by atoms with van der Waals surface area (Å²) in [5.41, 5.74) is 3.31. The number of hydrogen-bond donors (Lipinski definition) is 2. The van der Waals surface area contributed by atoms with Gasteiger partial charge in [0.2, 0.25) is 0 Å². The molecule has 0 atom stereocenters. The van der Waals surface area contributed by atoms with E-state index in [0.717, 1.165) is 11.6 Å². The van der Waals surface area contributed by atoms with Crippen LogP contribution < -0.4 is 0 Å². The topological polar surface area (TPSA) is 87.5 Å². The van der Waals surface area contributed by atoms with Crippen LogP contribution in [0.4, 0.5) is 0 Å². The average molecular weight is 267 g/mol. The van der Waals surface area contributed by atoms with Crippen LogP contribution in [0, 0.1) is 0 Å². The predicted molar refractivity (Wildman–Crippen MR) is 71.3 cm³/mol. The van der Waals surface area contributed by atoms with E-state index in [0.29, 0.717) is 22.4 Å². The van der Waals surface area contributed by atoms with Crippen molar-refractivity contribution < 1.29 is 19.8 Å². The number of nitrogens with zero attached hydrogens (tertiary/aromatic N) is 1. The number of fused-ring (bicyclic) bond motifs is 3. The molecular formula is C15H9NO4. The van der Waals surface area contributed by atoms with E-state index in [1.165, 1.54) is 12.1 Å². The van der Waals surface area contributed by atoms with Crippen molar-refractivity contribution >= 4 is 17.5 Å². The largest absolute Gasteiger partial charge is 0.478 e.